The Kier molecular flexibility index (Phi) is 5.53. The number of amides is 1. The number of ether oxygens (including phenoxy) is 1. The van der Waals surface area contributed by atoms with Gasteiger partial charge in [0.15, 0.2) is 0 Å². The first-order valence-corrected chi connectivity index (χ1v) is 6.24. The van der Waals surface area contributed by atoms with Crippen LogP contribution in [0.1, 0.15) is 19.4 Å². The maximum Gasteiger partial charge on any atom is 0.240 e. The SMILES string of the molecule is COC[C@H](Cc1ccccc1)NC(=O)C(C)(C)C#N. The summed E-state index contributed by atoms with van der Waals surface area (Å²) in [5.74, 6) is -0.270. The molecule has 0 aliphatic carbocycles. The van der Waals surface area contributed by atoms with E-state index in [1.807, 2.05) is 36.4 Å². The maximum atomic E-state index is 12.0. The van der Waals surface area contributed by atoms with Gasteiger partial charge in [0.1, 0.15) is 5.41 Å². The Morgan fingerprint density at radius 2 is 2.05 bits per heavy atom. The van der Waals surface area contributed by atoms with E-state index in [-0.39, 0.29) is 11.9 Å². The van der Waals surface area contributed by atoms with Crippen LogP contribution in [0.4, 0.5) is 0 Å². The first kappa shape index (κ1) is 15.2. The molecule has 4 nitrogen and oxygen atoms in total. The molecular weight excluding hydrogens is 240 g/mol. The van der Waals surface area contributed by atoms with Gasteiger partial charge >= 0.3 is 0 Å². The normalized spacial score (nSPS) is 12.5. The highest BCUT2D eigenvalue weighted by Gasteiger charge is 2.29. The molecule has 0 bridgehead atoms. The lowest BCUT2D eigenvalue weighted by atomic mass is 9.94. The van der Waals surface area contributed by atoms with Gasteiger partial charge in [-0.05, 0) is 25.8 Å². The van der Waals surface area contributed by atoms with Crippen molar-refractivity contribution in [3.63, 3.8) is 0 Å². The van der Waals surface area contributed by atoms with Gasteiger partial charge in [-0.25, -0.2) is 0 Å². The van der Waals surface area contributed by atoms with E-state index in [4.69, 9.17) is 10.00 Å². The number of nitrogens with one attached hydrogen (secondary N) is 1. The van der Waals surface area contributed by atoms with E-state index in [0.717, 1.165) is 5.56 Å². The summed E-state index contributed by atoms with van der Waals surface area (Å²) in [6.45, 7) is 3.63. The Labute approximate surface area is 114 Å². The van der Waals surface area contributed by atoms with Crippen LogP contribution in [0.25, 0.3) is 0 Å². The zero-order chi connectivity index (χ0) is 14.3. The molecule has 0 saturated heterocycles. The molecule has 0 spiro atoms. The molecule has 0 unspecified atom stereocenters. The van der Waals surface area contributed by atoms with Crippen LogP contribution in [0.3, 0.4) is 0 Å². The second kappa shape index (κ2) is 6.91. The molecule has 0 radical (unpaired) electrons. The predicted octanol–water partition coefficient (Wildman–Crippen LogP) is 1.91. The third kappa shape index (κ3) is 4.72. The molecule has 1 rings (SSSR count). The summed E-state index contributed by atoms with van der Waals surface area (Å²) in [7, 11) is 1.60. The lowest BCUT2D eigenvalue weighted by Crippen LogP contribution is -2.45. The van der Waals surface area contributed by atoms with Crippen LogP contribution in [-0.2, 0) is 16.0 Å². The Morgan fingerprint density at radius 1 is 1.42 bits per heavy atom. The molecule has 19 heavy (non-hydrogen) atoms. The van der Waals surface area contributed by atoms with E-state index in [9.17, 15) is 4.79 Å². The first-order valence-electron chi connectivity index (χ1n) is 6.24. The van der Waals surface area contributed by atoms with Gasteiger partial charge in [0, 0.05) is 7.11 Å². The van der Waals surface area contributed by atoms with Crippen LogP contribution in [0.2, 0.25) is 0 Å². The van der Waals surface area contributed by atoms with Crippen molar-refractivity contribution in [3.05, 3.63) is 35.9 Å². The third-order valence-corrected chi connectivity index (χ3v) is 2.88. The molecule has 4 heteroatoms. The summed E-state index contributed by atoms with van der Waals surface area (Å²) in [6, 6.07) is 11.7. The number of hydrogen-bond donors (Lipinski definition) is 1. The number of carbonyl (C=O) groups excluding carboxylic acids is 1. The molecule has 1 amide bonds. The van der Waals surface area contributed by atoms with Crippen molar-refractivity contribution < 1.29 is 9.53 Å². The van der Waals surface area contributed by atoms with Crippen molar-refractivity contribution in [1.82, 2.24) is 5.32 Å². The fourth-order valence-corrected chi connectivity index (χ4v) is 1.67. The Bertz CT molecular complexity index is 449. The second-order valence-corrected chi connectivity index (χ2v) is 5.05. The van der Waals surface area contributed by atoms with Crippen LogP contribution < -0.4 is 5.32 Å². The third-order valence-electron chi connectivity index (χ3n) is 2.88. The highest BCUT2D eigenvalue weighted by atomic mass is 16.5. The van der Waals surface area contributed by atoms with Crippen molar-refractivity contribution in [2.45, 2.75) is 26.3 Å². The van der Waals surface area contributed by atoms with E-state index in [1.165, 1.54) is 0 Å². The quantitative estimate of drug-likeness (QED) is 0.850. The molecule has 1 aromatic rings. The minimum absolute atomic E-state index is 0.132. The van der Waals surface area contributed by atoms with Gasteiger partial charge < -0.3 is 10.1 Å². The lowest BCUT2D eigenvalue weighted by molar-refractivity contribution is -0.127. The summed E-state index contributed by atoms with van der Waals surface area (Å²) in [4.78, 5) is 12.0. The summed E-state index contributed by atoms with van der Waals surface area (Å²) in [5, 5.41) is 11.8. The average Bonchev–Trinajstić information content (AvgIpc) is 2.40. The van der Waals surface area contributed by atoms with Crippen molar-refractivity contribution in [1.29, 1.82) is 5.26 Å². The topological polar surface area (TPSA) is 62.1 Å². The second-order valence-electron chi connectivity index (χ2n) is 5.05. The summed E-state index contributed by atoms with van der Waals surface area (Å²) in [5.41, 5.74) is 0.0995. The predicted molar refractivity (Wildman–Crippen MR) is 73.3 cm³/mol. The van der Waals surface area contributed by atoms with Crippen LogP contribution in [0.5, 0.6) is 0 Å². The standard InChI is InChI=1S/C15H20N2O2/c1-15(2,11-16)14(18)17-13(10-19-3)9-12-7-5-4-6-8-12/h4-8,13H,9-10H2,1-3H3,(H,17,18)/t13-/m0/s1. The highest BCUT2D eigenvalue weighted by molar-refractivity contribution is 5.84. The van der Waals surface area contributed by atoms with Gasteiger partial charge in [-0.2, -0.15) is 5.26 Å². The molecule has 0 saturated carbocycles. The zero-order valence-electron chi connectivity index (χ0n) is 11.6. The van der Waals surface area contributed by atoms with Gasteiger partial charge in [0.25, 0.3) is 0 Å². The van der Waals surface area contributed by atoms with Crippen LogP contribution in [-0.4, -0.2) is 25.7 Å². The van der Waals surface area contributed by atoms with Crippen LogP contribution >= 0.6 is 0 Å². The monoisotopic (exact) mass is 260 g/mol. The van der Waals surface area contributed by atoms with Crippen molar-refractivity contribution in [2.24, 2.45) is 5.41 Å². The van der Waals surface area contributed by atoms with E-state index in [0.29, 0.717) is 13.0 Å². The molecule has 1 aromatic carbocycles. The largest absolute Gasteiger partial charge is 0.383 e. The number of hydrogen-bond acceptors (Lipinski definition) is 3. The molecule has 0 fully saturated rings. The van der Waals surface area contributed by atoms with Crippen molar-refractivity contribution in [2.75, 3.05) is 13.7 Å². The van der Waals surface area contributed by atoms with E-state index in [2.05, 4.69) is 5.32 Å². The molecular formula is C15H20N2O2. The number of carbonyl (C=O) groups is 1. The molecule has 0 aromatic heterocycles. The first-order chi connectivity index (χ1) is 8.99. The van der Waals surface area contributed by atoms with Crippen molar-refractivity contribution in [3.8, 4) is 6.07 Å². The highest BCUT2D eigenvalue weighted by Crippen LogP contribution is 2.14. The number of rotatable bonds is 6. The lowest BCUT2D eigenvalue weighted by Gasteiger charge is -2.22. The van der Waals surface area contributed by atoms with Gasteiger partial charge in [-0.1, -0.05) is 30.3 Å². The molecule has 0 aliphatic heterocycles. The van der Waals surface area contributed by atoms with Crippen LogP contribution in [0.15, 0.2) is 30.3 Å². The average molecular weight is 260 g/mol. The summed E-state index contributed by atoms with van der Waals surface area (Å²) < 4.78 is 5.13. The Morgan fingerprint density at radius 3 is 2.58 bits per heavy atom. The minimum Gasteiger partial charge on any atom is -0.383 e. The number of nitrogens with zero attached hydrogens (tertiary/aromatic N) is 1. The van der Waals surface area contributed by atoms with Gasteiger partial charge in [-0.15, -0.1) is 0 Å². The summed E-state index contributed by atoms with van der Waals surface area (Å²) in [6.07, 6.45) is 0.682. The minimum atomic E-state index is -1.03. The number of nitriles is 1. The Balaban J connectivity index is 2.69. The van der Waals surface area contributed by atoms with E-state index < -0.39 is 5.41 Å². The fraction of sp³-hybridized carbons (Fsp3) is 0.467. The molecule has 102 valence electrons. The summed E-state index contributed by atoms with van der Waals surface area (Å²) >= 11 is 0. The van der Waals surface area contributed by atoms with Gasteiger partial charge in [-0.3, -0.25) is 4.79 Å². The van der Waals surface area contributed by atoms with Crippen LogP contribution in [0, 0.1) is 16.7 Å². The number of methoxy groups -OCH3 is 1. The smallest absolute Gasteiger partial charge is 0.240 e. The Hall–Kier alpha value is -1.86. The molecule has 0 heterocycles. The zero-order valence-corrected chi connectivity index (χ0v) is 11.6. The molecule has 0 aliphatic rings. The molecule has 1 atom stereocenters. The molecule has 1 N–H and O–H groups in total. The maximum absolute atomic E-state index is 12.0. The van der Waals surface area contributed by atoms with Gasteiger partial charge in [0.2, 0.25) is 5.91 Å². The fourth-order valence-electron chi connectivity index (χ4n) is 1.67. The number of benzene rings is 1. The van der Waals surface area contributed by atoms with Gasteiger partial charge in [0.05, 0.1) is 18.7 Å². The van der Waals surface area contributed by atoms with Crippen molar-refractivity contribution >= 4 is 5.91 Å². The van der Waals surface area contributed by atoms with E-state index in [1.54, 1.807) is 21.0 Å². The van der Waals surface area contributed by atoms with E-state index >= 15 is 0 Å².